The van der Waals surface area contributed by atoms with Gasteiger partial charge >= 0.3 is 12.0 Å². The van der Waals surface area contributed by atoms with Crippen LogP contribution in [0, 0.1) is 18.4 Å². The lowest BCUT2D eigenvalue weighted by molar-refractivity contribution is -0.153. The number of anilines is 1. The summed E-state index contributed by atoms with van der Waals surface area (Å²) in [6.07, 6.45) is 5.56. The van der Waals surface area contributed by atoms with Crippen molar-refractivity contribution in [3.8, 4) is 12.3 Å². The van der Waals surface area contributed by atoms with Gasteiger partial charge in [0.15, 0.2) is 22.6 Å². The molecule has 1 aliphatic heterocycles. The van der Waals surface area contributed by atoms with Crippen LogP contribution in [0.1, 0.15) is 32.9 Å². The van der Waals surface area contributed by atoms with E-state index in [-0.39, 0.29) is 23.4 Å². The molecule has 0 aliphatic carbocycles. The van der Waals surface area contributed by atoms with Gasteiger partial charge in [0.2, 0.25) is 0 Å². The summed E-state index contributed by atoms with van der Waals surface area (Å²) < 4.78 is 26.3. The number of halogens is 1. The molecule has 1 saturated heterocycles. The highest BCUT2D eigenvalue weighted by atomic mass is 19.1. The topological polar surface area (TPSA) is 105 Å². The number of fused-ring (bicyclic) bond motifs is 1. The highest BCUT2D eigenvalue weighted by molar-refractivity contribution is 5.81. The summed E-state index contributed by atoms with van der Waals surface area (Å²) in [5, 5.41) is 0. The third kappa shape index (κ3) is 2.45. The smallest absolute Gasteiger partial charge is 0.312 e. The van der Waals surface area contributed by atoms with Gasteiger partial charge in [-0.2, -0.15) is 14.4 Å². The van der Waals surface area contributed by atoms with Crippen LogP contribution < -0.4 is 5.73 Å². The fourth-order valence-corrected chi connectivity index (χ4v) is 2.92. The molecule has 1 fully saturated rings. The summed E-state index contributed by atoms with van der Waals surface area (Å²) in [4.78, 5) is 22.6. The molecule has 2 aromatic heterocycles. The zero-order valence-electron chi connectivity index (χ0n) is 13.2. The number of hydrogen-bond donors (Lipinski definition) is 1. The molecule has 0 spiro atoms. The predicted molar refractivity (Wildman–Crippen MR) is 81.8 cm³/mol. The second kappa shape index (κ2) is 5.72. The van der Waals surface area contributed by atoms with Crippen molar-refractivity contribution < 1.29 is 18.7 Å². The van der Waals surface area contributed by atoms with Crippen LogP contribution in [0.3, 0.4) is 0 Å². The molecule has 3 atom stereocenters. The van der Waals surface area contributed by atoms with Gasteiger partial charge in [-0.3, -0.25) is 9.36 Å². The molecule has 0 saturated carbocycles. The minimum atomic E-state index is -1.07. The molecule has 126 valence electrons. The number of hydrogen-bond acceptors (Lipinski definition) is 7. The van der Waals surface area contributed by atoms with E-state index in [9.17, 15) is 9.18 Å². The Kier molecular flexibility index (Phi) is 3.85. The molecule has 3 heterocycles. The van der Waals surface area contributed by atoms with Gasteiger partial charge in [0, 0.05) is 13.3 Å². The van der Waals surface area contributed by atoms with Gasteiger partial charge in [0.05, 0.1) is 6.33 Å². The Morgan fingerprint density at radius 3 is 3.04 bits per heavy atom. The third-order valence-electron chi connectivity index (χ3n) is 4.09. The van der Waals surface area contributed by atoms with Gasteiger partial charge in [-0.15, -0.1) is 6.42 Å². The highest BCUT2D eigenvalue weighted by Gasteiger charge is 2.49. The fraction of sp³-hybridized carbons (Fsp3) is 0.467. The summed E-state index contributed by atoms with van der Waals surface area (Å²) in [5.41, 5.74) is 5.05. The number of carbonyl (C=O) groups excluding carboxylic acids is 1. The highest BCUT2D eigenvalue weighted by Crippen LogP contribution is 2.41. The van der Waals surface area contributed by atoms with E-state index in [1.807, 2.05) is 6.92 Å². The van der Waals surface area contributed by atoms with Crippen molar-refractivity contribution >= 4 is 23.0 Å². The van der Waals surface area contributed by atoms with Crippen LogP contribution >= 0.6 is 0 Å². The van der Waals surface area contributed by atoms with Crippen molar-refractivity contribution in [3.05, 3.63) is 12.4 Å². The fourth-order valence-electron chi connectivity index (χ4n) is 2.92. The van der Waals surface area contributed by atoms with Crippen molar-refractivity contribution in [2.45, 2.75) is 44.6 Å². The van der Waals surface area contributed by atoms with Crippen LogP contribution in [0.25, 0.3) is 11.2 Å². The summed E-state index contributed by atoms with van der Waals surface area (Å²) in [6.45, 7) is 3.14. The van der Waals surface area contributed by atoms with E-state index in [1.165, 1.54) is 17.8 Å². The van der Waals surface area contributed by atoms with E-state index >= 15 is 0 Å². The first kappa shape index (κ1) is 16.1. The van der Waals surface area contributed by atoms with Crippen LogP contribution in [0.2, 0.25) is 0 Å². The standard InChI is InChI=1S/C15H16FN5O3/c1-4-15(5-2)9(23-8(3)22)6-10(24-15)21-7-18-11-12(17)19-14(16)20-13(11)21/h1,7,9-10H,5-6H2,2-3H3,(H2,17,19,20)/t9-,10+,15+/m0/s1. The van der Waals surface area contributed by atoms with Crippen LogP contribution in [0.5, 0.6) is 0 Å². The molecule has 3 rings (SSSR count). The molecule has 0 radical (unpaired) electrons. The van der Waals surface area contributed by atoms with Gasteiger partial charge in [-0.25, -0.2) is 4.98 Å². The summed E-state index contributed by atoms with van der Waals surface area (Å²) in [6, 6.07) is 0. The lowest BCUT2D eigenvalue weighted by Crippen LogP contribution is -2.39. The van der Waals surface area contributed by atoms with Gasteiger partial charge < -0.3 is 15.2 Å². The lowest BCUT2D eigenvalue weighted by Gasteiger charge is -2.27. The van der Waals surface area contributed by atoms with Crippen LogP contribution in [0.4, 0.5) is 10.2 Å². The number of terminal acetylenes is 1. The summed E-state index contributed by atoms with van der Waals surface area (Å²) in [5.74, 6) is 2.06. The maximum atomic E-state index is 13.5. The molecule has 8 nitrogen and oxygen atoms in total. The van der Waals surface area contributed by atoms with Crippen molar-refractivity contribution in [2.75, 3.05) is 5.73 Å². The van der Waals surface area contributed by atoms with E-state index in [0.29, 0.717) is 6.42 Å². The van der Waals surface area contributed by atoms with Crippen molar-refractivity contribution in [3.63, 3.8) is 0 Å². The molecule has 9 heteroatoms. The number of nitrogens with zero attached hydrogens (tertiary/aromatic N) is 4. The van der Waals surface area contributed by atoms with E-state index in [1.54, 1.807) is 0 Å². The number of rotatable bonds is 3. The predicted octanol–water partition coefficient (Wildman–Crippen LogP) is 1.18. The van der Waals surface area contributed by atoms with Crippen molar-refractivity contribution in [2.24, 2.45) is 0 Å². The zero-order valence-corrected chi connectivity index (χ0v) is 13.2. The molecule has 0 amide bonds. The molecule has 0 aromatic carbocycles. The average Bonchev–Trinajstić information content (AvgIpc) is 3.08. The third-order valence-corrected chi connectivity index (χ3v) is 4.09. The summed E-state index contributed by atoms with van der Waals surface area (Å²) >= 11 is 0. The Morgan fingerprint density at radius 1 is 1.67 bits per heavy atom. The lowest BCUT2D eigenvalue weighted by atomic mass is 9.94. The number of nitrogen functional groups attached to an aromatic ring is 1. The number of esters is 1. The Hall–Kier alpha value is -2.73. The molecule has 2 aromatic rings. The van der Waals surface area contributed by atoms with E-state index in [4.69, 9.17) is 21.6 Å². The van der Waals surface area contributed by atoms with Crippen LogP contribution in [-0.4, -0.2) is 37.2 Å². The monoisotopic (exact) mass is 333 g/mol. The quantitative estimate of drug-likeness (QED) is 0.511. The van der Waals surface area contributed by atoms with Gasteiger partial charge in [0.1, 0.15) is 12.3 Å². The maximum absolute atomic E-state index is 13.5. The van der Waals surface area contributed by atoms with Crippen LogP contribution in [0.15, 0.2) is 6.33 Å². The Bertz CT molecular complexity index is 845. The Labute approximate surface area is 137 Å². The molecular weight excluding hydrogens is 317 g/mol. The number of nitrogens with two attached hydrogens (primary N) is 1. The Balaban J connectivity index is 2.02. The van der Waals surface area contributed by atoms with Crippen LogP contribution in [-0.2, 0) is 14.3 Å². The maximum Gasteiger partial charge on any atom is 0.312 e. The van der Waals surface area contributed by atoms with E-state index in [0.717, 1.165) is 0 Å². The second-order valence-electron chi connectivity index (χ2n) is 5.50. The normalized spacial score (nSPS) is 26.4. The van der Waals surface area contributed by atoms with Gasteiger partial charge in [-0.05, 0) is 6.42 Å². The zero-order chi connectivity index (χ0) is 17.5. The minimum Gasteiger partial charge on any atom is -0.458 e. The molecule has 0 bridgehead atoms. The first-order valence-corrected chi connectivity index (χ1v) is 7.38. The second-order valence-corrected chi connectivity index (χ2v) is 5.50. The number of carbonyl (C=O) groups is 1. The van der Waals surface area contributed by atoms with Gasteiger partial charge in [0.25, 0.3) is 0 Å². The molecule has 1 aliphatic rings. The number of imidazole rings is 1. The largest absolute Gasteiger partial charge is 0.458 e. The molecular formula is C15H16FN5O3. The first-order chi connectivity index (χ1) is 11.4. The summed E-state index contributed by atoms with van der Waals surface area (Å²) in [7, 11) is 0. The first-order valence-electron chi connectivity index (χ1n) is 7.38. The molecule has 2 N–H and O–H groups in total. The van der Waals surface area contributed by atoms with E-state index in [2.05, 4.69) is 20.9 Å². The molecule has 0 unspecified atom stereocenters. The van der Waals surface area contributed by atoms with Crippen molar-refractivity contribution in [1.29, 1.82) is 0 Å². The van der Waals surface area contributed by atoms with E-state index < -0.39 is 30.0 Å². The van der Waals surface area contributed by atoms with Crippen molar-refractivity contribution in [1.82, 2.24) is 19.5 Å². The minimum absolute atomic E-state index is 0.0653. The van der Waals surface area contributed by atoms with Gasteiger partial charge in [-0.1, -0.05) is 12.8 Å². The number of aromatic nitrogens is 4. The Morgan fingerprint density at radius 2 is 2.42 bits per heavy atom. The average molecular weight is 333 g/mol. The molecule has 24 heavy (non-hydrogen) atoms. The SMILES string of the molecule is C#C[C@]1(CC)O[C@@H](n2cnc3c(N)nc(F)nc32)C[C@@H]1OC(C)=O. The number of ether oxygens (including phenoxy) is 2.